The van der Waals surface area contributed by atoms with Crippen LogP contribution in [0.4, 0.5) is 9.18 Å². The van der Waals surface area contributed by atoms with E-state index in [9.17, 15) is 14.3 Å². The molecule has 0 heterocycles. The molecule has 1 aliphatic carbocycles. The Hall–Kier alpha value is -1.86. The molecule has 0 radical (unpaired) electrons. The van der Waals surface area contributed by atoms with Crippen molar-refractivity contribution in [3.05, 3.63) is 29.6 Å². The Morgan fingerprint density at radius 1 is 1.50 bits per heavy atom. The molecular weight excluding hydrogens is 269 g/mol. The van der Waals surface area contributed by atoms with Crippen molar-refractivity contribution in [2.45, 2.75) is 31.1 Å². The van der Waals surface area contributed by atoms with E-state index in [0.717, 1.165) is 6.07 Å². The first kappa shape index (κ1) is 14.5. The number of carboxylic acid groups (broad SMARTS) is 1. The number of aliphatic hydroxyl groups is 2. The molecule has 1 amide bonds. The number of carbonyl (C=O) groups is 1. The van der Waals surface area contributed by atoms with E-state index < -0.39 is 24.6 Å². The van der Waals surface area contributed by atoms with Crippen LogP contribution in [0, 0.1) is 5.82 Å². The van der Waals surface area contributed by atoms with Crippen LogP contribution in [0.15, 0.2) is 18.2 Å². The summed E-state index contributed by atoms with van der Waals surface area (Å²) >= 11 is 0. The van der Waals surface area contributed by atoms with Crippen LogP contribution < -0.4 is 10.1 Å². The number of ether oxygens (including phenoxy) is 1. The fourth-order valence-electron chi connectivity index (χ4n) is 2.10. The van der Waals surface area contributed by atoms with Gasteiger partial charge in [-0.15, -0.1) is 0 Å². The molecule has 20 heavy (non-hydrogen) atoms. The van der Waals surface area contributed by atoms with Crippen molar-refractivity contribution in [3.63, 3.8) is 0 Å². The van der Waals surface area contributed by atoms with Crippen molar-refractivity contribution in [1.82, 2.24) is 5.32 Å². The lowest BCUT2D eigenvalue weighted by Gasteiger charge is -2.35. The molecule has 110 valence electrons. The van der Waals surface area contributed by atoms with Crippen LogP contribution in [0.2, 0.25) is 0 Å². The third-order valence-electron chi connectivity index (χ3n) is 3.22. The van der Waals surface area contributed by atoms with Crippen molar-refractivity contribution in [2.75, 3.05) is 6.61 Å². The maximum absolute atomic E-state index is 13.4. The third-order valence-corrected chi connectivity index (χ3v) is 3.22. The molecule has 6 nitrogen and oxygen atoms in total. The molecular formula is C13H16FNO5. The van der Waals surface area contributed by atoms with E-state index in [1.807, 2.05) is 0 Å². The van der Waals surface area contributed by atoms with E-state index in [0.29, 0.717) is 18.6 Å². The molecule has 1 aromatic rings. The molecule has 2 rings (SSSR count). The van der Waals surface area contributed by atoms with Crippen LogP contribution in [0.1, 0.15) is 24.5 Å². The van der Waals surface area contributed by atoms with E-state index in [4.69, 9.17) is 14.9 Å². The monoisotopic (exact) mass is 285 g/mol. The minimum Gasteiger partial charge on any atom is -0.490 e. The topological polar surface area (TPSA) is 99.0 Å². The van der Waals surface area contributed by atoms with Gasteiger partial charge in [-0.05, 0) is 18.2 Å². The maximum Gasteiger partial charge on any atom is 0.404 e. The second-order valence-corrected chi connectivity index (χ2v) is 4.74. The highest BCUT2D eigenvalue weighted by atomic mass is 19.1. The van der Waals surface area contributed by atoms with Crippen LogP contribution in [0.3, 0.4) is 0 Å². The smallest absolute Gasteiger partial charge is 0.404 e. The van der Waals surface area contributed by atoms with Gasteiger partial charge in [0.05, 0.1) is 6.61 Å². The standard InChI is InChI=1S/C13H16FNO5/c14-11-2-1-8(5-10(11)12(17)6-16)20-9-3-7(4-9)15-13(18)19/h1-2,5,7,9,12,15-17H,3-4,6H2,(H,18,19). The van der Waals surface area contributed by atoms with Crippen molar-refractivity contribution in [1.29, 1.82) is 0 Å². The quantitative estimate of drug-likeness (QED) is 0.647. The largest absolute Gasteiger partial charge is 0.490 e. The Morgan fingerprint density at radius 3 is 2.80 bits per heavy atom. The zero-order valence-electron chi connectivity index (χ0n) is 10.6. The first-order valence-electron chi connectivity index (χ1n) is 6.24. The average Bonchev–Trinajstić information content (AvgIpc) is 2.37. The highest BCUT2D eigenvalue weighted by molar-refractivity contribution is 5.65. The van der Waals surface area contributed by atoms with Crippen molar-refractivity contribution in [2.24, 2.45) is 0 Å². The van der Waals surface area contributed by atoms with Crippen molar-refractivity contribution >= 4 is 6.09 Å². The van der Waals surface area contributed by atoms with Gasteiger partial charge in [0.25, 0.3) is 0 Å². The lowest BCUT2D eigenvalue weighted by atomic mass is 9.89. The van der Waals surface area contributed by atoms with Gasteiger partial charge in [0.15, 0.2) is 0 Å². The second kappa shape index (κ2) is 6.06. The minimum atomic E-state index is -1.29. The minimum absolute atomic E-state index is 0.0236. The summed E-state index contributed by atoms with van der Waals surface area (Å²) in [6.45, 7) is -0.575. The Bertz CT molecular complexity index is 490. The molecule has 0 spiro atoms. The first-order valence-corrected chi connectivity index (χ1v) is 6.24. The Balaban J connectivity index is 1.93. The number of hydrogen-bond acceptors (Lipinski definition) is 4. The van der Waals surface area contributed by atoms with Crippen LogP contribution in [-0.2, 0) is 0 Å². The predicted molar refractivity (Wildman–Crippen MR) is 67.0 cm³/mol. The fraction of sp³-hybridized carbons (Fsp3) is 0.462. The number of nitrogens with one attached hydrogen (secondary N) is 1. The van der Waals surface area contributed by atoms with Crippen molar-refractivity contribution in [3.8, 4) is 5.75 Å². The number of halogens is 1. The van der Waals surface area contributed by atoms with Gasteiger partial charge < -0.3 is 25.4 Å². The normalized spacial score (nSPS) is 22.8. The summed E-state index contributed by atoms with van der Waals surface area (Å²) in [4.78, 5) is 10.4. The number of hydrogen-bond donors (Lipinski definition) is 4. The Labute approximate surface area is 114 Å². The highest BCUT2D eigenvalue weighted by Gasteiger charge is 2.32. The molecule has 4 N–H and O–H groups in total. The van der Waals surface area contributed by atoms with E-state index in [2.05, 4.69) is 5.32 Å². The summed E-state index contributed by atoms with van der Waals surface area (Å²) < 4.78 is 19.0. The molecule has 1 atom stereocenters. The van der Waals surface area contributed by atoms with Gasteiger partial charge in [-0.25, -0.2) is 9.18 Å². The van der Waals surface area contributed by atoms with Gasteiger partial charge in [0.1, 0.15) is 23.8 Å². The third kappa shape index (κ3) is 3.37. The van der Waals surface area contributed by atoms with Crippen molar-refractivity contribution < 1.29 is 29.2 Å². The highest BCUT2D eigenvalue weighted by Crippen LogP contribution is 2.28. The number of aliphatic hydroxyl groups excluding tert-OH is 2. The molecule has 0 aromatic heterocycles. The summed E-state index contributed by atoms with van der Waals surface area (Å²) in [7, 11) is 0. The SMILES string of the molecule is O=C(O)NC1CC(Oc2ccc(F)c(C(O)CO)c2)C1. The maximum atomic E-state index is 13.4. The zero-order chi connectivity index (χ0) is 14.7. The van der Waals surface area contributed by atoms with E-state index >= 15 is 0 Å². The summed E-state index contributed by atoms with van der Waals surface area (Å²) in [5.74, 6) is -0.231. The van der Waals surface area contributed by atoms with Crippen LogP contribution in [0.5, 0.6) is 5.75 Å². The van der Waals surface area contributed by atoms with Crippen LogP contribution in [-0.4, -0.2) is 40.2 Å². The van der Waals surface area contributed by atoms with Gasteiger partial charge in [-0.3, -0.25) is 0 Å². The van der Waals surface area contributed by atoms with Gasteiger partial charge in [0.2, 0.25) is 0 Å². The molecule has 7 heteroatoms. The summed E-state index contributed by atoms with van der Waals surface area (Å²) in [6.07, 6.45) is -1.41. The number of amides is 1. The molecule has 1 unspecified atom stereocenters. The molecule has 0 aliphatic heterocycles. The van der Waals surface area contributed by atoms with E-state index in [1.54, 1.807) is 0 Å². The lowest BCUT2D eigenvalue weighted by Crippen LogP contribution is -2.48. The number of benzene rings is 1. The average molecular weight is 285 g/mol. The first-order chi connectivity index (χ1) is 9.49. The Kier molecular flexibility index (Phi) is 4.41. The van der Waals surface area contributed by atoms with Gasteiger partial charge in [-0.1, -0.05) is 0 Å². The predicted octanol–water partition coefficient (Wildman–Crippen LogP) is 1.03. The molecule has 1 aromatic carbocycles. The van der Waals surface area contributed by atoms with Gasteiger partial charge >= 0.3 is 6.09 Å². The second-order valence-electron chi connectivity index (χ2n) is 4.74. The summed E-state index contributed by atoms with van der Waals surface area (Å²) in [5.41, 5.74) is -0.0236. The molecule has 1 fully saturated rings. The number of rotatable bonds is 5. The molecule has 0 bridgehead atoms. The zero-order valence-corrected chi connectivity index (χ0v) is 10.6. The van der Waals surface area contributed by atoms with Gasteiger partial charge in [0, 0.05) is 24.4 Å². The lowest BCUT2D eigenvalue weighted by molar-refractivity contribution is 0.0801. The Morgan fingerprint density at radius 2 is 2.20 bits per heavy atom. The summed E-state index contributed by atoms with van der Waals surface area (Å²) in [6, 6.07) is 3.81. The van der Waals surface area contributed by atoms with E-state index in [1.165, 1.54) is 12.1 Å². The fourth-order valence-corrected chi connectivity index (χ4v) is 2.10. The molecule has 1 saturated carbocycles. The molecule has 0 saturated heterocycles. The van der Waals surface area contributed by atoms with Crippen LogP contribution >= 0.6 is 0 Å². The van der Waals surface area contributed by atoms with E-state index in [-0.39, 0.29) is 17.7 Å². The van der Waals surface area contributed by atoms with Crippen LogP contribution in [0.25, 0.3) is 0 Å². The summed E-state index contributed by atoms with van der Waals surface area (Å²) in [5, 5.41) is 29.2. The molecule has 1 aliphatic rings. The van der Waals surface area contributed by atoms with Gasteiger partial charge in [-0.2, -0.15) is 0 Å².